The number of hydrogen-bond donors (Lipinski definition) is 7. The standard InChI is InChI=1S/C18H33N5O7/c1-10(2)7-11(20)16(27)23-13(8-15(25)26)17(28)21-9-14(24)22-12(18(29)30)5-3-4-6-19/h10-13H,3-9,19-20H2,1-2H3,(H,21,28)(H,22,24)(H,23,27)(H,25,26)(H,29,30). The second-order valence-corrected chi connectivity index (χ2v) is 7.36. The van der Waals surface area contributed by atoms with Gasteiger partial charge in [-0.25, -0.2) is 4.79 Å². The average molecular weight is 431 g/mol. The van der Waals surface area contributed by atoms with Gasteiger partial charge in [-0.05, 0) is 38.1 Å². The van der Waals surface area contributed by atoms with Gasteiger partial charge in [0.25, 0.3) is 0 Å². The van der Waals surface area contributed by atoms with Gasteiger partial charge in [0.2, 0.25) is 17.7 Å². The number of nitrogens with two attached hydrogens (primary N) is 2. The predicted molar refractivity (Wildman–Crippen MR) is 107 cm³/mol. The summed E-state index contributed by atoms with van der Waals surface area (Å²) in [6.07, 6.45) is 0.924. The van der Waals surface area contributed by atoms with E-state index in [0.29, 0.717) is 25.8 Å². The van der Waals surface area contributed by atoms with E-state index in [-0.39, 0.29) is 12.3 Å². The molecule has 0 aliphatic rings. The van der Waals surface area contributed by atoms with Crippen LogP contribution in [0, 0.1) is 5.92 Å². The molecule has 0 bridgehead atoms. The van der Waals surface area contributed by atoms with Crippen LogP contribution in [0.3, 0.4) is 0 Å². The maximum absolute atomic E-state index is 12.3. The van der Waals surface area contributed by atoms with Gasteiger partial charge in [0, 0.05) is 0 Å². The number of carboxylic acids is 2. The minimum Gasteiger partial charge on any atom is -0.481 e. The summed E-state index contributed by atoms with van der Waals surface area (Å²) in [5, 5.41) is 24.9. The smallest absolute Gasteiger partial charge is 0.326 e. The number of rotatable bonds is 15. The molecule has 12 nitrogen and oxygen atoms in total. The Hall–Kier alpha value is -2.73. The molecule has 0 aromatic carbocycles. The molecule has 0 heterocycles. The van der Waals surface area contributed by atoms with Gasteiger partial charge < -0.3 is 37.6 Å². The van der Waals surface area contributed by atoms with Crippen LogP contribution in [0.25, 0.3) is 0 Å². The van der Waals surface area contributed by atoms with Gasteiger partial charge >= 0.3 is 11.9 Å². The zero-order chi connectivity index (χ0) is 23.3. The zero-order valence-corrected chi connectivity index (χ0v) is 17.3. The molecular weight excluding hydrogens is 398 g/mol. The molecule has 0 rings (SSSR count). The molecule has 0 aliphatic heterocycles. The summed E-state index contributed by atoms with van der Waals surface area (Å²) in [6.45, 7) is 3.53. The van der Waals surface area contributed by atoms with Crippen LogP contribution in [0.4, 0.5) is 0 Å². The van der Waals surface area contributed by atoms with Crippen molar-refractivity contribution in [1.82, 2.24) is 16.0 Å². The van der Waals surface area contributed by atoms with Crippen LogP contribution in [0.15, 0.2) is 0 Å². The quantitative estimate of drug-likeness (QED) is 0.144. The van der Waals surface area contributed by atoms with Gasteiger partial charge in [-0.1, -0.05) is 13.8 Å². The van der Waals surface area contributed by atoms with Crippen LogP contribution in [0.5, 0.6) is 0 Å². The Bertz CT molecular complexity index is 612. The SMILES string of the molecule is CC(C)CC(N)C(=O)NC(CC(=O)O)C(=O)NCC(=O)NC(CCCCN)C(=O)O. The predicted octanol–water partition coefficient (Wildman–Crippen LogP) is -1.87. The largest absolute Gasteiger partial charge is 0.481 e. The lowest BCUT2D eigenvalue weighted by molar-refractivity contribution is -0.142. The lowest BCUT2D eigenvalue weighted by Crippen LogP contribution is -2.54. The molecule has 3 amide bonds. The van der Waals surface area contributed by atoms with Gasteiger partial charge in [-0.3, -0.25) is 19.2 Å². The van der Waals surface area contributed by atoms with Crippen LogP contribution in [-0.4, -0.2) is 71.1 Å². The topological polar surface area (TPSA) is 214 Å². The molecule has 12 heteroatoms. The van der Waals surface area contributed by atoms with E-state index < -0.39 is 60.8 Å². The second-order valence-electron chi connectivity index (χ2n) is 7.36. The molecule has 172 valence electrons. The number of amides is 3. The summed E-state index contributed by atoms with van der Waals surface area (Å²) in [6, 6.07) is -3.48. The number of carboxylic acid groups (broad SMARTS) is 2. The van der Waals surface area contributed by atoms with E-state index >= 15 is 0 Å². The molecule has 0 aromatic rings. The molecule has 0 spiro atoms. The fourth-order valence-electron chi connectivity index (χ4n) is 2.56. The first kappa shape index (κ1) is 27.3. The molecule has 0 aromatic heterocycles. The molecule has 0 radical (unpaired) electrons. The maximum Gasteiger partial charge on any atom is 0.326 e. The number of nitrogens with one attached hydrogen (secondary N) is 3. The summed E-state index contributed by atoms with van der Waals surface area (Å²) < 4.78 is 0. The third kappa shape index (κ3) is 12.0. The van der Waals surface area contributed by atoms with Gasteiger partial charge in [0.05, 0.1) is 19.0 Å². The molecule has 0 saturated carbocycles. The van der Waals surface area contributed by atoms with Crippen molar-refractivity contribution in [3.05, 3.63) is 0 Å². The minimum absolute atomic E-state index is 0.119. The first-order chi connectivity index (χ1) is 14.0. The molecule has 30 heavy (non-hydrogen) atoms. The summed E-state index contributed by atoms with van der Waals surface area (Å²) >= 11 is 0. The monoisotopic (exact) mass is 431 g/mol. The Kier molecular flexibility index (Phi) is 13.0. The van der Waals surface area contributed by atoms with E-state index in [9.17, 15) is 24.0 Å². The maximum atomic E-state index is 12.3. The van der Waals surface area contributed by atoms with Crippen molar-refractivity contribution in [3.8, 4) is 0 Å². The lowest BCUT2D eigenvalue weighted by atomic mass is 10.0. The fourth-order valence-corrected chi connectivity index (χ4v) is 2.56. The number of aliphatic carboxylic acids is 2. The van der Waals surface area contributed by atoms with Crippen molar-refractivity contribution in [3.63, 3.8) is 0 Å². The summed E-state index contributed by atoms with van der Waals surface area (Å²) in [5.41, 5.74) is 11.1. The molecule has 0 aliphatic carbocycles. The van der Waals surface area contributed by atoms with Crippen LogP contribution in [0.1, 0.15) is 46.0 Å². The second kappa shape index (κ2) is 14.3. The van der Waals surface area contributed by atoms with Crippen molar-refractivity contribution in [2.75, 3.05) is 13.1 Å². The highest BCUT2D eigenvalue weighted by Crippen LogP contribution is 2.04. The van der Waals surface area contributed by atoms with Crippen molar-refractivity contribution in [1.29, 1.82) is 0 Å². The Morgan fingerprint density at radius 1 is 0.933 bits per heavy atom. The number of carbonyl (C=O) groups is 5. The molecule has 0 saturated heterocycles. The normalized spacial score (nSPS) is 13.8. The Morgan fingerprint density at radius 2 is 1.57 bits per heavy atom. The van der Waals surface area contributed by atoms with Crippen LogP contribution >= 0.6 is 0 Å². The van der Waals surface area contributed by atoms with E-state index in [1.807, 2.05) is 13.8 Å². The lowest BCUT2D eigenvalue weighted by Gasteiger charge is -2.20. The molecular formula is C18H33N5O7. The highest BCUT2D eigenvalue weighted by atomic mass is 16.4. The number of unbranched alkanes of at least 4 members (excludes halogenated alkanes) is 1. The van der Waals surface area contributed by atoms with Crippen LogP contribution < -0.4 is 27.4 Å². The average Bonchev–Trinajstić information content (AvgIpc) is 2.63. The fraction of sp³-hybridized carbons (Fsp3) is 0.722. The van der Waals surface area contributed by atoms with Gasteiger partial charge in [0.1, 0.15) is 12.1 Å². The highest BCUT2D eigenvalue weighted by Gasteiger charge is 2.27. The summed E-state index contributed by atoms with van der Waals surface area (Å²) in [7, 11) is 0. The third-order valence-electron chi connectivity index (χ3n) is 4.08. The Morgan fingerprint density at radius 3 is 2.07 bits per heavy atom. The van der Waals surface area contributed by atoms with Crippen molar-refractivity contribution >= 4 is 29.7 Å². The molecule has 9 N–H and O–H groups in total. The Balaban J connectivity index is 4.79. The van der Waals surface area contributed by atoms with Crippen molar-refractivity contribution in [2.45, 2.75) is 64.1 Å². The van der Waals surface area contributed by atoms with Crippen molar-refractivity contribution in [2.24, 2.45) is 17.4 Å². The zero-order valence-electron chi connectivity index (χ0n) is 17.3. The van der Waals surface area contributed by atoms with Gasteiger partial charge in [-0.2, -0.15) is 0 Å². The van der Waals surface area contributed by atoms with E-state index in [1.54, 1.807) is 0 Å². The van der Waals surface area contributed by atoms with E-state index in [4.69, 9.17) is 21.7 Å². The third-order valence-corrected chi connectivity index (χ3v) is 4.08. The molecule has 0 fully saturated rings. The summed E-state index contributed by atoms with van der Waals surface area (Å²) in [4.78, 5) is 58.5. The summed E-state index contributed by atoms with van der Waals surface area (Å²) in [5.74, 6) is -4.77. The van der Waals surface area contributed by atoms with E-state index in [0.717, 1.165) is 0 Å². The van der Waals surface area contributed by atoms with E-state index in [2.05, 4.69) is 16.0 Å². The van der Waals surface area contributed by atoms with Crippen LogP contribution in [-0.2, 0) is 24.0 Å². The highest BCUT2D eigenvalue weighted by molar-refractivity contribution is 5.94. The van der Waals surface area contributed by atoms with Gasteiger partial charge in [-0.15, -0.1) is 0 Å². The first-order valence-electron chi connectivity index (χ1n) is 9.75. The van der Waals surface area contributed by atoms with E-state index in [1.165, 1.54) is 0 Å². The Labute approximate surface area is 175 Å². The van der Waals surface area contributed by atoms with Gasteiger partial charge in [0.15, 0.2) is 0 Å². The number of hydrogen-bond acceptors (Lipinski definition) is 7. The minimum atomic E-state index is -1.43. The van der Waals surface area contributed by atoms with Crippen LogP contribution in [0.2, 0.25) is 0 Å². The number of carbonyl (C=O) groups excluding carboxylic acids is 3. The molecule has 3 unspecified atom stereocenters. The first-order valence-corrected chi connectivity index (χ1v) is 9.75. The van der Waals surface area contributed by atoms with Crippen molar-refractivity contribution < 1.29 is 34.2 Å². The molecule has 3 atom stereocenters.